The molecule has 4 nitrogen and oxygen atoms in total. The second kappa shape index (κ2) is 6.77. The third kappa shape index (κ3) is 3.86. The zero-order valence-corrected chi connectivity index (χ0v) is 10.8. The molecule has 0 aliphatic heterocycles. The van der Waals surface area contributed by atoms with Gasteiger partial charge in [-0.1, -0.05) is 6.07 Å². The lowest BCUT2D eigenvalue weighted by Gasteiger charge is -2.07. The van der Waals surface area contributed by atoms with Crippen LogP contribution in [-0.2, 0) is 13.0 Å². The van der Waals surface area contributed by atoms with Gasteiger partial charge in [0.15, 0.2) is 0 Å². The quantitative estimate of drug-likeness (QED) is 0.793. The van der Waals surface area contributed by atoms with E-state index in [0.29, 0.717) is 18.7 Å². The number of hydrogen-bond donors (Lipinski definition) is 2. The van der Waals surface area contributed by atoms with Crippen molar-refractivity contribution in [2.75, 3.05) is 6.54 Å². The molecule has 2 N–H and O–H groups in total. The van der Waals surface area contributed by atoms with E-state index < -0.39 is 11.8 Å². The van der Waals surface area contributed by atoms with Gasteiger partial charge < -0.3 is 10.4 Å². The van der Waals surface area contributed by atoms with Crippen LogP contribution in [0.4, 0.5) is 4.39 Å². The van der Waals surface area contributed by atoms with E-state index in [9.17, 15) is 9.18 Å². The van der Waals surface area contributed by atoms with E-state index in [2.05, 4.69) is 10.3 Å². The van der Waals surface area contributed by atoms with Crippen molar-refractivity contribution in [2.45, 2.75) is 13.0 Å². The Kier molecular flexibility index (Phi) is 4.79. The summed E-state index contributed by atoms with van der Waals surface area (Å²) < 4.78 is 13.5. The molecular formula is C15H15FN2O2. The summed E-state index contributed by atoms with van der Waals surface area (Å²) in [6, 6.07) is 9.48. The van der Waals surface area contributed by atoms with Gasteiger partial charge in [-0.05, 0) is 30.3 Å². The van der Waals surface area contributed by atoms with Gasteiger partial charge in [-0.3, -0.25) is 4.98 Å². The molecule has 2 rings (SSSR count). The number of pyridine rings is 1. The van der Waals surface area contributed by atoms with E-state index in [4.69, 9.17) is 5.11 Å². The molecule has 5 heteroatoms. The van der Waals surface area contributed by atoms with Crippen LogP contribution in [0.25, 0.3) is 0 Å². The Morgan fingerprint density at radius 1 is 1.30 bits per heavy atom. The molecule has 0 radical (unpaired) electrons. The van der Waals surface area contributed by atoms with Gasteiger partial charge >= 0.3 is 5.97 Å². The summed E-state index contributed by atoms with van der Waals surface area (Å²) >= 11 is 0. The highest BCUT2D eigenvalue weighted by Gasteiger charge is 2.07. The highest BCUT2D eigenvalue weighted by molar-refractivity contribution is 5.87. The summed E-state index contributed by atoms with van der Waals surface area (Å²) in [5, 5.41) is 12.0. The van der Waals surface area contributed by atoms with Crippen molar-refractivity contribution in [3.63, 3.8) is 0 Å². The Morgan fingerprint density at radius 3 is 2.85 bits per heavy atom. The van der Waals surface area contributed by atoms with Gasteiger partial charge in [0, 0.05) is 37.0 Å². The summed E-state index contributed by atoms with van der Waals surface area (Å²) in [4.78, 5) is 15.0. The van der Waals surface area contributed by atoms with E-state index in [1.54, 1.807) is 6.20 Å². The van der Waals surface area contributed by atoms with Crippen LogP contribution in [0, 0.1) is 5.82 Å². The fourth-order valence-corrected chi connectivity index (χ4v) is 1.83. The molecule has 0 saturated heterocycles. The first-order valence-electron chi connectivity index (χ1n) is 6.29. The number of carboxylic acid groups (broad SMARTS) is 1. The van der Waals surface area contributed by atoms with Crippen LogP contribution < -0.4 is 5.32 Å². The Morgan fingerprint density at radius 2 is 2.15 bits per heavy atom. The zero-order valence-electron chi connectivity index (χ0n) is 10.8. The lowest BCUT2D eigenvalue weighted by molar-refractivity contribution is 0.0696. The Balaban J connectivity index is 1.88. The highest BCUT2D eigenvalue weighted by atomic mass is 19.1. The lowest BCUT2D eigenvalue weighted by Crippen LogP contribution is -2.18. The minimum Gasteiger partial charge on any atom is -0.478 e. The smallest absolute Gasteiger partial charge is 0.335 e. The summed E-state index contributed by atoms with van der Waals surface area (Å²) in [5.74, 6) is -1.46. The normalized spacial score (nSPS) is 10.4. The van der Waals surface area contributed by atoms with Crippen molar-refractivity contribution < 1.29 is 14.3 Å². The Bertz CT molecular complexity index is 588. The second-order valence-electron chi connectivity index (χ2n) is 4.36. The van der Waals surface area contributed by atoms with E-state index >= 15 is 0 Å². The highest BCUT2D eigenvalue weighted by Crippen LogP contribution is 2.10. The molecule has 0 amide bonds. The Hall–Kier alpha value is -2.27. The SMILES string of the molecule is O=C(O)c1ccc(F)c(CNCCc2ccccn2)c1. The largest absolute Gasteiger partial charge is 0.478 e. The van der Waals surface area contributed by atoms with E-state index in [-0.39, 0.29) is 5.56 Å². The number of carboxylic acids is 1. The number of hydrogen-bond acceptors (Lipinski definition) is 3. The number of halogens is 1. The standard InChI is InChI=1S/C15H15FN2O2/c16-14-5-4-11(15(19)20)9-12(14)10-17-8-6-13-3-1-2-7-18-13/h1-5,7,9,17H,6,8,10H2,(H,19,20). The minimum atomic E-state index is -1.06. The monoisotopic (exact) mass is 274 g/mol. The number of aromatic carboxylic acids is 1. The number of nitrogens with one attached hydrogen (secondary N) is 1. The molecule has 0 bridgehead atoms. The van der Waals surface area contributed by atoms with Crippen LogP contribution in [-0.4, -0.2) is 22.6 Å². The van der Waals surface area contributed by atoms with Gasteiger partial charge in [0.25, 0.3) is 0 Å². The van der Waals surface area contributed by atoms with Crippen LogP contribution in [0.15, 0.2) is 42.6 Å². The molecule has 0 saturated carbocycles. The summed E-state index contributed by atoms with van der Waals surface area (Å²) in [5.41, 5.74) is 1.40. The van der Waals surface area contributed by atoms with Gasteiger partial charge in [0.05, 0.1) is 5.56 Å². The number of rotatable bonds is 6. The fourth-order valence-electron chi connectivity index (χ4n) is 1.83. The molecule has 1 heterocycles. The number of nitrogens with zero attached hydrogens (tertiary/aromatic N) is 1. The van der Waals surface area contributed by atoms with E-state index in [1.165, 1.54) is 18.2 Å². The Labute approximate surface area is 116 Å². The molecule has 0 aliphatic rings. The zero-order chi connectivity index (χ0) is 14.4. The fraction of sp³-hybridized carbons (Fsp3) is 0.200. The molecule has 0 atom stereocenters. The van der Waals surface area contributed by atoms with Crippen LogP contribution in [0.1, 0.15) is 21.6 Å². The summed E-state index contributed by atoms with van der Waals surface area (Å²) in [6.45, 7) is 0.938. The molecule has 1 aromatic carbocycles. The van der Waals surface area contributed by atoms with Crippen molar-refractivity contribution in [3.05, 3.63) is 65.2 Å². The van der Waals surface area contributed by atoms with Crippen LogP contribution in [0.5, 0.6) is 0 Å². The maximum absolute atomic E-state index is 13.5. The second-order valence-corrected chi connectivity index (χ2v) is 4.36. The van der Waals surface area contributed by atoms with Gasteiger partial charge in [-0.2, -0.15) is 0 Å². The van der Waals surface area contributed by atoms with Crippen molar-refractivity contribution in [3.8, 4) is 0 Å². The van der Waals surface area contributed by atoms with Gasteiger partial charge in [0.1, 0.15) is 5.82 Å². The van der Waals surface area contributed by atoms with Crippen molar-refractivity contribution >= 4 is 5.97 Å². The molecule has 2 aromatic rings. The molecule has 0 spiro atoms. The third-order valence-electron chi connectivity index (χ3n) is 2.89. The van der Waals surface area contributed by atoms with Crippen molar-refractivity contribution in [2.24, 2.45) is 0 Å². The number of carbonyl (C=O) groups is 1. The molecular weight excluding hydrogens is 259 g/mol. The molecule has 20 heavy (non-hydrogen) atoms. The minimum absolute atomic E-state index is 0.0907. The van der Waals surface area contributed by atoms with Crippen LogP contribution in [0.2, 0.25) is 0 Å². The van der Waals surface area contributed by atoms with E-state index in [0.717, 1.165) is 12.1 Å². The summed E-state index contributed by atoms with van der Waals surface area (Å²) in [7, 11) is 0. The van der Waals surface area contributed by atoms with Gasteiger partial charge in [-0.25, -0.2) is 9.18 Å². The maximum atomic E-state index is 13.5. The molecule has 0 fully saturated rings. The van der Waals surface area contributed by atoms with Crippen molar-refractivity contribution in [1.29, 1.82) is 0 Å². The molecule has 0 unspecified atom stereocenters. The third-order valence-corrected chi connectivity index (χ3v) is 2.89. The lowest BCUT2D eigenvalue weighted by atomic mass is 10.1. The summed E-state index contributed by atoms with van der Waals surface area (Å²) in [6.07, 6.45) is 2.46. The number of aromatic nitrogens is 1. The maximum Gasteiger partial charge on any atom is 0.335 e. The first kappa shape index (κ1) is 14.1. The first-order chi connectivity index (χ1) is 9.66. The van der Waals surface area contributed by atoms with Crippen LogP contribution in [0.3, 0.4) is 0 Å². The average molecular weight is 274 g/mol. The predicted molar refractivity (Wildman–Crippen MR) is 73.0 cm³/mol. The average Bonchev–Trinajstić information content (AvgIpc) is 2.46. The van der Waals surface area contributed by atoms with E-state index in [1.807, 2.05) is 18.2 Å². The molecule has 1 aromatic heterocycles. The van der Waals surface area contributed by atoms with Crippen molar-refractivity contribution in [1.82, 2.24) is 10.3 Å². The van der Waals surface area contributed by atoms with Crippen LogP contribution >= 0.6 is 0 Å². The number of benzene rings is 1. The van der Waals surface area contributed by atoms with Gasteiger partial charge in [0.2, 0.25) is 0 Å². The first-order valence-corrected chi connectivity index (χ1v) is 6.29. The molecule has 0 aliphatic carbocycles. The predicted octanol–water partition coefficient (Wildman–Crippen LogP) is 2.25. The molecule has 104 valence electrons. The topological polar surface area (TPSA) is 62.2 Å². The van der Waals surface area contributed by atoms with Gasteiger partial charge in [-0.15, -0.1) is 0 Å².